The first kappa shape index (κ1) is 18.6. The molecule has 1 amide bonds. The number of hydrogen-bond acceptors (Lipinski definition) is 5. The van der Waals surface area contributed by atoms with Crippen molar-refractivity contribution in [1.29, 1.82) is 0 Å². The van der Waals surface area contributed by atoms with Crippen LogP contribution in [0.1, 0.15) is 18.4 Å². The van der Waals surface area contributed by atoms with Crippen molar-refractivity contribution >= 4 is 11.6 Å². The normalized spacial score (nSPS) is 17.8. The Morgan fingerprint density at radius 2 is 1.97 bits per heavy atom. The van der Waals surface area contributed by atoms with Gasteiger partial charge in [0.1, 0.15) is 0 Å². The van der Waals surface area contributed by atoms with Crippen molar-refractivity contribution in [2.75, 3.05) is 18.7 Å². The zero-order valence-electron chi connectivity index (χ0n) is 16.6. The standard InChI is InChI=1S/C24H23N3O3/c28-24(26-20-10-8-17(9-11-20)18-5-2-12-25-14-18)21-6-3-13-27(21)15-19-4-1-7-22-23(19)30-16-29-22/h1-2,4-5,7-12,14,21H,3,6,13,15-16H2,(H,26,28). The van der Waals surface area contributed by atoms with Gasteiger partial charge in [0.05, 0.1) is 6.04 Å². The number of nitrogens with one attached hydrogen (secondary N) is 1. The summed E-state index contributed by atoms with van der Waals surface area (Å²) in [5.74, 6) is 1.61. The van der Waals surface area contributed by atoms with Crippen molar-refractivity contribution in [3.8, 4) is 22.6 Å². The van der Waals surface area contributed by atoms with Gasteiger partial charge in [-0.1, -0.05) is 30.3 Å². The number of aromatic nitrogens is 1. The van der Waals surface area contributed by atoms with Crippen LogP contribution in [0.3, 0.4) is 0 Å². The average molecular weight is 401 g/mol. The lowest BCUT2D eigenvalue weighted by Gasteiger charge is -2.24. The minimum absolute atomic E-state index is 0.0337. The van der Waals surface area contributed by atoms with Gasteiger partial charge in [-0.25, -0.2) is 0 Å². The van der Waals surface area contributed by atoms with Crippen molar-refractivity contribution in [2.45, 2.75) is 25.4 Å². The van der Waals surface area contributed by atoms with Crippen molar-refractivity contribution in [3.63, 3.8) is 0 Å². The zero-order chi connectivity index (χ0) is 20.3. The Kier molecular flexibility index (Phi) is 5.07. The van der Waals surface area contributed by atoms with Crippen LogP contribution in [0.15, 0.2) is 67.0 Å². The Hall–Kier alpha value is -3.38. The summed E-state index contributed by atoms with van der Waals surface area (Å²) in [6, 6.07) is 17.6. The molecule has 3 aromatic rings. The van der Waals surface area contributed by atoms with E-state index in [4.69, 9.17) is 9.47 Å². The minimum Gasteiger partial charge on any atom is -0.454 e. The SMILES string of the molecule is O=C(Nc1ccc(-c2cccnc2)cc1)C1CCCN1Cc1cccc2c1OCO2. The molecule has 6 heteroatoms. The summed E-state index contributed by atoms with van der Waals surface area (Å²) in [6.45, 7) is 1.82. The van der Waals surface area contributed by atoms with Gasteiger partial charge in [-0.3, -0.25) is 14.7 Å². The maximum Gasteiger partial charge on any atom is 0.241 e. The van der Waals surface area contributed by atoms with E-state index >= 15 is 0 Å². The topological polar surface area (TPSA) is 63.7 Å². The molecule has 1 aromatic heterocycles. The third-order valence-corrected chi connectivity index (χ3v) is 5.67. The van der Waals surface area contributed by atoms with E-state index in [1.807, 2.05) is 60.8 Å². The highest BCUT2D eigenvalue weighted by Gasteiger charge is 2.32. The lowest BCUT2D eigenvalue weighted by atomic mass is 10.1. The number of amides is 1. The fourth-order valence-corrected chi connectivity index (χ4v) is 4.15. The van der Waals surface area contributed by atoms with Gasteiger partial charge in [0.25, 0.3) is 0 Å². The third-order valence-electron chi connectivity index (χ3n) is 5.67. The number of nitrogens with zero attached hydrogens (tertiary/aromatic N) is 2. The van der Waals surface area contributed by atoms with Crippen LogP contribution in [0.25, 0.3) is 11.1 Å². The Labute approximate surface area is 175 Å². The number of ether oxygens (including phenoxy) is 2. The Morgan fingerprint density at radius 1 is 1.07 bits per heavy atom. The first-order chi connectivity index (χ1) is 14.8. The predicted octanol–water partition coefficient (Wildman–Crippen LogP) is 4.08. The summed E-state index contributed by atoms with van der Waals surface area (Å²) < 4.78 is 11.1. The summed E-state index contributed by atoms with van der Waals surface area (Å²) in [6.07, 6.45) is 5.45. The van der Waals surface area contributed by atoms with E-state index in [0.717, 1.165) is 53.3 Å². The van der Waals surface area contributed by atoms with Gasteiger partial charge in [0, 0.05) is 30.2 Å². The molecule has 2 aliphatic heterocycles. The zero-order valence-corrected chi connectivity index (χ0v) is 16.6. The lowest BCUT2D eigenvalue weighted by molar-refractivity contribution is -0.120. The molecular weight excluding hydrogens is 378 g/mol. The molecule has 1 atom stereocenters. The first-order valence-electron chi connectivity index (χ1n) is 10.2. The highest BCUT2D eigenvalue weighted by atomic mass is 16.7. The molecule has 0 bridgehead atoms. The molecular formula is C24H23N3O3. The van der Waals surface area contributed by atoms with Crippen LogP contribution in [0.2, 0.25) is 0 Å². The molecule has 5 rings (SSSR count). The third kappa shape index (κ3) is 3.74. The van der Waals surface area contributed by atoms with E-state index in [-0.39, 0.29) is 18.7 Å². The van der Waals surface area contributed by atoms with E-state index in [9.17, 15) is 4.79 Å². The van der Waals surface area contributed by atoms with Crippen molar-refractivity contribution in [2.24, 2.45) is 0 Å². The van der Waals surface area contributed by atoms with Crippen LogP contribution in [0.5, 0.6) is 11.5 Å². The Bertz CT molecular complexity index is 1040. The molecule has 0 aliphatic carbocycles. The molecule has 0 radical (unpaired) electrons. The maximum absolute atomic E-state index is 13.0. The van der Waals surface area contributed by atoms with Gasteiger partial charge in [-0.15, -0.1) is 0 Å². The molecule has 30 heavy (non-hydrogen) atoms. The molecule has 152 valence electrons. The number of hydrogen-bond donors (Lipinski definition) is 1. The minimum atomic E-state index is -0.152. The van der Waals surface area contributed by atoms with Gasteiger partial charge in [-0.05, 0) is 54.8 Å². The second-order valence-electron chi connectivity index (χ2n) is 7.59. The smallest absolute Gasteiger partial charge is 0.241 e. The van der Waals surface area contributed by atoms with Crippen LogP contribution >= 0.6 is 0 Å². The van der Waals surface area contributed by atoms with Gasteiger partial charge in [0.15, 0.2) is 11.5 Å². The maximum atomic E-state index is 13.0. The van der Waals surface area contributed by atoms with E-state index < -0.39 is 0 Å². The molecule has 0 saturated carbocycles. The van der Waals surface area contributed by atoms with E-state index in [1.165, 1.54) is 0 Å². The molecule has 1 unspecified atom stereocenters. The number of fused-ring (bicyclic) bond motifs is 1. The fourth-order valence-electron chi connectivity index (χ4n) is 4.15. The Balaban J connectivity index is 1.26. The van der Waals surface area contributed by atoms with Crippen LogP contribution in [-0.2, 0) is 11.3 Å². The largest absolute Gasteiger partial charge is 0.454 e. The van der Waals surface area contributed by atoms with Crippen LogP contribution in [0, 0.1) is 0 Å². The van der Waals surface area contributed by atoms with E-state index in [2.05, 4.69) is 15.2 Å². The molecule has 2 aliphatic rings. The second kappa shape index (κ2) is 8.16. The number of rotatable bonds is 5. The summed E-state index contributed by atoms with van der Waals surface area (Å²) in [7, 11) is 0. The van der Waals surface area contributed by atoms with Crippen molar-refractivity contribution in [3.05, 3.63) is 72.6 Å². The summed E-state index contributed by atoms with van der Waals surface area (Å²) >= 11 is 0. The van der Waals surface area contributed by atoms with Gasteiger partial charge < -0.3 is 14.8 Å². The monoisotopic (exact) mass is 401 g/mol. The Morgan fingerprint density at radius 3 is 2.80 bits per heavy atom. The highest BCUT2D eigenvalue weighted by Crippen LogP contribution is 2.37. The molecule has 1 saturated heterocycles. The van der Waals surface area contributed by atoms with Crippen molar-refractivity contribution in [1.82, 2.24) is 9.88 Å². The summed E-state index contributed by atoms with van der Waals surface area (Å²) in [4.78, 5) is 19.4. The first-order valence-corrected chi connectivity index (χ1v) is 10.2. The van der Waals surface area contributed by atoms with Crippen molar-refractivity contribution < 1.29 is 14.3 Å². The van der Waals surface area contributed by atoms with Gasteiger partial charge >= 0.3 is 0 Å². The number of likely N-dealkylation sites (tertiary alicyclic amines) is 1. The van der Waals surface area contributed by atoms with Gasteiger partial charge in [-0.2, -0.15) is 0 Å². The van der Waals surface area contributed by atoms with Gasteiger partial charge in [0.2, 0.25) is 12.7 Å². The van der Waals surface area contributed by atoms with Crippen LogP contribution in [-0.4, -0.2) is 35.2 Å². The number of anilines is 1. The van der Waals surface area contributed by atoms with E-state index in [0.29, 0.717) is 6.54 Å². The van der Waals surface area contributed by atoms with Crippen LogP contribution in [0.4, 0.5) is 5.69 Å². The molecule has 3 heterocycles. The highest BCUT2D eigenvalue weighted by molar-refractivity contribution is 5.95. The number of para-hydroxylation sites is 1. The van der Waals surface area contributed by atoms with Crippen LogP contribution < -0.4 is 14.8 Å². The second-order valence-corrected chi connectivity index (χ2v) is 7.59. The number of carbonyl (C=O) groups is 1. The molecule has 1 N–H and O–H groups in total. The quantitative estimate of drug-likeness (QED) is 0.698. The lowest BCUT2D eigenvalue weighted by Crippen LogP contribution is -2.39. The van der Waals surface area contributed by atoms with E-state index in [1.54, 1.807) is 6.20 Å². The molecule has 1 fully saturated rings. The fraction of sp³-hybridized carbons (Fsp3) is 0.250. The summed E-state index contributed by atoms with van der Waals surface area (Å²) in [5, 5.41) is 3.08. The number of carbonyl (C=O) groups excluding carboxylic acids is 1. The number of pyridine rings is 1. The summed E-state index contributed by atoms with van der Waals surface area (Å²) in [5.41, 5.74) is 3.99. The number of benzene rings is 2. The molecule has 6 nitrogen and oxygen atoms in total. The molecule has 0 spiro atoms. The average Bonchev–Trinajstić information content (AvgIpc) is 3.45. The predicted molar refractivity (Wildman–Crippen MR) is 114 cm³/mol. The molecule has 2 aromatic carbocycles.